The molecule has 0 amide bonds. The predicted molar refractivity (Wildman–Crippen MR) is 141 cm³/mol. The third kappa shape index (κ3) is 3.74. The van der Waals surface area contributed by atoms with E-state index < -0.39 is 0 Å². The first-order valence-electron chi connectivity index (χ1n) is 11.3. The first-order valence-corrected chi connectivity index (χ1v) is 12.2. The van der Waals surface area contributed by atoms with Gasteiger partial charge in [0.1, 0.15) is 5.75 Å². The first-order chi connectivity index (χ1) is 16.8. The first kappa shape index (κ1) is 20.6. The number of hydrazone groups is 1. The second kappa shape index (κ2) is 8.76. The van der Waals surface area contributed by atoms with Crippen LogP contribution in [0.3, 0.4) is 0 Å². The molecular formula is C29H23N3OS. The highest BCUT2D eigenvalue weighted by Crippen LogP contribution is 2.41. The van der Waals surface area contributed by atoms with Crippen LogP contribution in [-0.2, 0) is 0 Å². The Labute approximate surface area is 202 Å². The summed E-state index contributed by atoms with van der Waals surface area (Å²) in [6.45, 7) is 0. The van der Waals surface area contributed by atoms with Gasteiger partial charge in [-0.25, -0.2) is 9.99 Å². The second-order valence-electron chi connectivity index (χ2n) is 8.29. The van der Waals surface area contributed by atoms with Crippen molar-refractivity contribution in [1.82, 2.24) is 4.98 Å². The molecule has 34 heavy (non-hydrogen) atoms. The number of fused-ring (bicyclic) bond motifs is 1. The molecule has 0 bridgehead atoms. The van der Waals surface area contributed by atoms with Gasteiger partial charge in [-0.05, 0) is 46.2 Å². The van der Waals surface area contributed by atoms with Gasteiger partial charge in [0.25, 0.3) is 0 Å². The van der Waals surface area contributed by atoms with Crippen molar-refractivity contribution in [3.63, 3.8) is 0 Å². The van der Waals surface area contributed by atoms with Crippen LogP contribution in [0.2, 0.25) is 0 Å². The Morgan fingerprint density at radius 1 is 0.824 bits per heavy atom. The van der Waals surface area contributed by atoms with E-state index in [1.54, 1.807) is 18.4 Å². The van der Waals surface area contributed by atoms with Gasteiger partial charge in [-0.15, -0.1) is 11.3 Å². The standard InChI is InChI=1S/C29H23N3OS/c1-33-23-16-14-22(15-17-23)26-18-28(25-13-7-11-20-8-5-6-12-24(20)25)32(31-26)29-30-27(19-34-29)21-9-3-2-4-10-21/h2-17,19,28H,18H2,1H3. The lowest BCUT2D eigenvalue weighted by molar-refractivity contribution is 0.415. The minimum absolute atomic E-state index is 0.0676. The molecular weight excluding hydrogens is 438 g/mol. The molecule has 5 heteroatoms. The van der Waals surface area contributed by atoms with Crippen molar-refractivity contribution in [3.8, 4) is 17.0 Å². The number of hydrogen-bond donors (Lipinski definition) is 0. The quantitative estimate of drug-likeness (QED) is 0.275. The van der Waals surface area contributed by atoms with Gasteiger partial charge in [0.15, 0.2) is 0 Å². The van der Waals surface area contributed by atoms with E-state index in [0.717, 1.165) is 39.8 Å². The topological polar surface area (TPSA) is 37.7 Å². The van der Waals surface area contributed by atoms with Gasteiger partial charge < -0.3 is 4.74 Å². The fourth-order valence-corrected chi connectivity index (χ4v) is 5.37. The molecule has 1 unspecified atom stereocenters. The van der Waals surface area contributed by atoms with Crippen molar-refractivity contribution < 1.29 is 4.74 Å². The van der Waals surface area contributed by atoms with E-state index in [9.17, 15) is 0 Å². The number of benzene rings is 4. The summed E-state index contributed by atoms with van der Waals surface area (Å²) < 4.78 is 5.35. The molecule has 4 nitrogen and oxygen atoms in total. The van der Waals surface area contributed by atoms with E-state index in [4.69, 9.17) is 14.8 Å². The van der Waals surface area contributed by atoms with Crippen molar-refractivity contribution in [2.45, 2.75) is 12.5 Å². The van der Waals surface area contributed by atoms with E-state index in [0.29, 0.717) is 0 Å². The maximum Gasteiger partial charge on any atom is 0.207 e. The number of aromatic nitrogens is 1. The molecule has 2 heterocycles. The number of methoxy groups -OCH3 is 1. The molecule has 6 rings (SSSR count). The van der Waals surface area contributed by atoms with Crippen molar-refractivity contribution in [2.24, 2.45) is 5.10 Å². The summed E-state index contributed by atoms with van der Waals surface area (Å²) in [5.41, 5.74) is 5.52. The fourth-order valence-electron chi connectivity index (χ4n) is 4.54. The fraction of sp³-hybridized carbons (Fsp3) is 0.103. The zero-order chi connectivity index (χ0) is 22.9. The molecule has 1 aromatic heterocycles. The highest BCUT2D eigenvalue weighted by Gasteiger charge is 2.32. The molecule has 0 spiro atoms. The van der Waals surface area contributed by atoms with E-state index in [1.165, 1.54) is 16.3 Å². The summed E-state index contributed by atoms with van der Waals surface area (Å²) >= 11 is 1.64. The molecule has 1 aliphatic heterocycles. The summed E-state index contributed by atoms with van der Waals surface area (Å²) in [5, 5.41) is 12.7. The maximum absolute atomic E-state index is 5.35. The number of anilines is 1. The van der Waals surface area contributed by atoms with E-state index in [-0.39, 0.29) is 6.04 Å². The molecule has 4 aromatic carbocycles. The van der Waals surface area contributed by atoms with Crippen molar-refractivity contribution in [3.05, 3.63) is 114 Å². The number of ether oxygens (including phenoxy) is 1. The van der Waals surface area contributed by atoms with Gasteiger partial charge in [0.05, 0.1) is 24.6 Å². The van der Waals surface area contributed by atoms with Gasteiger partial charge in [0, 0.05) is 17.4 Å². The Hall–Kier alpha value is -3.96. The van der Waals surface area contributed by atoms with Crippen molar-refractivity contribution >= 4 is 33.0 Å². The largest absolute Gasteiger partial charge is 0.497 e. The third-order valence-corrected chi connectivity index (χ3v) is 7.10. The lowest BCUT2D eigenvalue weighted by atomic mass is 9.94. The summed E-state index contributed by atoms with van der Waals surface area (Å²) in [6.07, 6.45) is 0.806. The van der Waals surface area contributed by atoms with Crippen molar-refractivity contribution in [2.75, 3.05) is 12.1 Å². The van der Waals surface area contributed by atoms with Crippen LogP contribution in [0.5, 0.6) is 5.75 Å². The van der Waals surface area contributed by atoms with E-state index in [1.807, 2.05) is 30.3 Å². The summed E-state index contributed by atoms with van der Waals surface area (Å²) in [6, 6.07) is 33.6. The highest BCUT2D eigenvalue weighted by molar-refractivity contribution is 7.14. The summed E-state index contributed by atoms with van der Waals surface area (Å²) in [5.74, 6) is 0.845. The molecule has 1 atom stereocenters. The van der Waals surface area contributed by atoms with Gasteiger partial charge >= 0.3 is 0 Å². The van der Waals surface area contributed by atoms with Gasteiger partial charge in [-0.3, -0.25) is 0 Å². The minimum atomic E-state index is 0.0676. The number of rotatable bonds is 5. The molecule has 5 aromatic rings. The molecule has 0 aliphatic carbocycles. The number of nitrogens with zero attached hydrogens (tertiary/aromatic N) is 3. The van der Waals surface area contributed by atoms with Crippen LogP contribution in [-0.4, -0.2) is 17.8 Å². The normalized spacial score (nSPS) is 15.5. The van der Waals surface area contributed by atoms with Crippen LogP contribution in [0.15, 0.2) is 108 Å². The Bertz CT molecular complexity index is 1470. The van der Waals surface area contributed by atoms with Crippen LogP contribution in [0, 0.1) is 0 Å². The Morgan fingerprint density at radius 2 is 1.59 bits per heavy atom. The second-order valence-corrected chi connectivity index (χ2v) is 9.13. The van der Waals surface area contributed by atoms with E-state index in [2.05, 4.69) is 77.1 Å². The zero-order valence-corrected chi connectivity index (χ0v) is 19.6. The summed E-state index contributed by atoms with van der Waals surface area (Å²) in [7, 11) is 1.69. The molecule has 0 N–H and O–H groups in total. The number of thiazole rings is 1. The SMILES string of the molecule is COc1ccc(C2=NN(c3nc(-c4ccccc4)cs3)C(c3cccc4ccccc34)C2)cc1. The Kier molecular flexibility index (Phi) is 5.32. The number of hydrogen-bond acceptors (Lipinski definition) is 5. The summed E-state index contributed by atoms with van der Waals surface area (Å²) in [4.78, 5) is 4.99. The Balaban J connectivity index is 1.44. The van der Waals surface area contributed by atoms with Gasteiger partial charge in [-0.2, -0.15) is 5.10 Å². The minimum Gasteiger partial charge on any atom is -0.497 e. The highest BCUT2D eigenvalue weighted by atomic mass is 32.1. The molecule has 0 fully saturated rings. The average molecular weight is 462 g/mol. The third-order valence-electron chi connectivity index (χ3n) is 6.27. The molecule has 0 radical (unpaired) electrons. The molecule has 1 aliphatic rings. The monoisotopic (exact) mass is 461 g/mol. The Morgan fingerprint density at radius 3 is 2.41 bits per heavy atom. The van der Waals surface area contributed by atoms with Crippen LogP contribution < -0.4 is 9.75 Å². The average Bonchev–Trinajstić information content (AvgIpc) is 3.57. The van der Waals surface area contributed by atoms with Crippen LogP contribution in [0.4, 0.5) is 5.13 Å². The zero-order valence-electron chi connectivity index (χ0n) is 18.8. The lowest BCUT2D eigenvalue weighted by Crippen LogP contribution is -2.18. The predicted octanol–water partition coefficient (Wildman–Crippen LogP) is 7.33. The molecule has 0 saturated heterocycles. The van der Waals surface area contributed by atoms with E-state index >= 15 is 0 Å². The molecule has 166 valence electrons. The van der Waals surface area contributed by atoms with Crippen molar-refractivity contribution in [1.29, 1.82) is 0 Å². The lowest BCUT2D eigenvalue weighted by Gasteiger charge is -2.22. The van der Waals surface area contributed by atoms with Crippen LogP contribution in [0.25, 0.3) is 22.0 Å². The maximum atomic E-state index is 5.35. The molecule has 0 saturated carbocycles. The van der Waals surface area contributed by atoms with Gasteiger partial charge in [-0.1, -0.05) is 72.8 Å². The van der Waals surface area contributed by atoms with Crippen LogP contribution in [0.1, 0.15) is 23.6 Å². The van der Waals surface area contributed by atoms with Gasteiger partial charge in [0.2, 0.25) is 5.13 Å². The smallest absolute Gasteiger partial charge is 0.207 e. The van der Waals surface area contributed by atoms with Crippen LogP contribution >= 0.6 is 11.3 Å².